The number of nitrogens with two attached hydrogens (primary N) is 1. The molecule has 1 aromatic heterocycles. The fraction of sp³-hybridized carbons (Fsp3) is 0.467. The summed E-state index contributed by atoms with van der Waals surface area (Å²) in [6, 6.07) is 4.43. The van der Waals surface area contributed by atoms with Crippen molar-refractivity contribution >= 4 is 0 Å². The second-order valence-electron chi connectivity index (χ2n) is 5.12. The third kappa shape index (κ3) is 4.26. The van der Waals surface area contributed by atoms with Gasteiger partial charge < -0.3 is 10.5 Å². The minimum absolute atomic E-state index is 0.0575. The van der Waals surface area contributed by atoms with Crippen molar-refractivity contribution in [1.82, 2.24) is 14.8 Å². The first-order valence-electron chi connectivity index (χ1n) is 7.13. The summed E-state index contributed by atoms with van der Waals surface area (Å²) in [6.45, 7) is 5.06. The second-order valence-corrected chi connectivity index (χ2v) is 5.12. The molecule has 0 saturated carbocycles. The molecule has 114 valence electrons. The van der Waals surface area contributed by atoms with Gasteiger partial charge in [-0.15, -0.1) is 0 Å². The predicted octanol–water partition coefficient (Wildman–Crippen LogP) is 2.30. The summed E-state index contributed by atoms with van der Waals surface area (Å²) in [5.41, 5.74) is 6.56. The minimum atomic E-state index is -0.285. The lowest BCUT2D eigenvalue weighted by molar-refractivity contribution is 0.282. The Morgan fingerprint density at radius 1 is 1.43 bits per heavy atom. The molecule has 0 spiro atoms. The monoisotopic (exact) mass is 292 g/mol. The van der Waals surface area contributed by atoms with Gasteiger partial charge in [-0.3, -0.25) is 0 Å². The third-order valence-electron chi connectivity index (χ3n) is 3.05. The largest absolute Gasteiger partial charge is 0.485 e. The van der Waals surface area contributed by atoms with Gasteiger partial charge in [0.05, 0.1) is 0 Å². The Morgan fingerprint density at radius 2 is 2.24 bits per heavy atom. The number of hydrogen-bond donors (Lipinski definition) is 1. The first-order valence-corrected chi connectivity index (χ1v) is 7.13. The van der Waals surface area contributed by atoms with Gasteiger partial charge in [0.25, 0.3) is 0 Å². The first-order chi connectivity index (χ1) is 10.1. The fourth-order valence-electron chi connectivity index (χ4n) is 2.14. The van der Waals surface area contributed by atoms with Crippen molar-refractivity contribution in [2.75, 3.05) is 0 Å². The molecule has 21 heavy (non-hydrogen) atoms. The summed E-state index contributed by atoms with van der Waals surface area (Å²) in [6.07, 6.45) is 3.06. The van der Waals surface area contributed by atoms with E-state index in [0.29, 0.717) is 18.8 Å². The zero-order chi connectivity index (χ0) is 15.2. The van der Waals surface area contributed by atoms with Gasteiger partial charge >= 0.3 is 0 Å². The third-order valence-corrected chi connectivity index (χ3v) is 3.05. The summed E-state index contributed by atoms with van der Waals surface area (Å²) in [5.74, 6) is 1.11. The van der Waals surface area contributed by atoms with Gasteiger partial charge in [0, 0.05) is 12.6 Å². The number of aryl methyl sites for hydroxylation is 1. The van der Waals surface area contributed by atoms with E-state index in [9.17, 15) is 4.39 Å². The molecule has 2 rings (SSSR count). The molecule has 5 nitrogen and oxygen atoms in total. The molecule has 2 aromatic rings. The molecule has 0 bridgehead atoms. The maximum atomic E-state index is 13.4. The summed E-state index contributed by atoms with van der Waals surface area (Å²) in [7, 11) is 0. The average Bonchev–Trinajstić information content (AvgIpc) is 2.85. The number of ether oxygens (including phenoxy) is 1. The van der Waals surface area contributed by atoms with Crippen LogP contribution in [0, 0.1) is 5.82 Å². The van der Waals surface area contributed by atoms with Crippen LogP contribution < -0.4 is 10.5 Å². The molecule has 0 saturated heterocycles. The molecule has 2 N–H and O–H groups in total. The zero-order valence-electron chi connectivity index (χ0n) is 12.4. The Balaban J connectivity index is 2.10. The van der Waals surface area contributed by atoms with Crippen molar-refractivity contribution in [2.24, 2.45) is 5.73 Å². The minimum Gasteiger partial charge on any atom is -0.485 e. The highest BCUT2D eigenvalue weighted by molar-refractivity contribution is 5.34. The lowest BCUT2D eigenvalue weighted by Gasteiger charge is -2.13. The van der Waals surface area contributed by atoms with Crippen molar-refractivity contribution in [3.05, 3.63) is 41.7 Å². The number of hydrogen-bond acceptors (Lipinski definition) is 4. The molecule has 0 aliphatic rings. The van der Waals surface area contributed by atoms with Gasteiger partial charge in [-0.25, -0.2) is 14.1 Å². The Morgan fingerprint density at radius 3 is 2.95 bits per heavy atom. The molecule has 1 aromatic carbocycles. The number of rotatable bonds is 7. The fourth-order valence-corrected chi connectivity index (χ4v) is 2.14. The van der Waals surface area contributed by atoms with Crippen LogP contribution in [0.25, 0.3) is 0 Å². The topological polar surface area (TPSA) is 66.0 Å². The normalized spacial score (nSPS) is 12.4. The quantitative estimate of drug-likeness (QED) is 0.850. The van der Waals surface area contributed by atoms with Crippen LogP contribution in [0.15, 0.2) is 24.5 Å². The van der Waals surface area contributed by atoms with E-state index in [0.717, 1.165) is 24.4 Å². The molecule has 0 amide bonds. The lowest BCUT2D eigenvalue weighted by Crippen LogP contribution is -2.18. The van der Waals surface area contributed by atoms with Crippen LogP contribution in [0.2, 0.25) is 0 Å². The lowest BCUT2D eigenvalue weighted by atomic mass is 10.1. The maximum absolute atomic E-state index is 13.4. The highest BCUT2D eigenvalue weighted by atomic mass is 19.1. The average molecular weight is 292 g/mol. The van der Waals surface area contributed by atoms with Crippen LogP contribution in [0.3, 0.4) is 0 Å². The highest BCUT2D eigenvalue weighted by Gasteiger charge is 2.10. The number of nitrogens with zero attached hydrogens (tertiary/aromatic N) is 3. The molecule has 1 atom stereocenters. The summed E-state index contributed by atoms with van der Waals surface area (Å²) in [4.78, 5) is 4.19. The molecule has 0 radical (unpaired) electrons. The Labute approximate surface area is 123 Å². The van der Waals surface area contributed by atoms with Crippen LogP contribution in [0.4, 0.5) is 4.39 Å². The van der Waals surface area contributed by atoms with Crippen molar-refractivity contribution in [2.45, 2.75) is 45.9 Å². The summed E-state index contributed by atoms with van der Waals surface area (Å²) >= 11 is 0. The molecule has 0 fully saturated rings. The standard InChI is InChI=1S/C15H21FN4O/c1-3-6-20-15(18-10-19-20)9-21-14-5-4-13(16)8-12(14)7-11(2)17/h4-5,8,10-11H,3,6-7,9,17H2,1-2H3. The molecule has 0 aliphatic heterocycles. The second kappa shape index (κ2) is 7.17. The zero-order valence-corrected chi connectivity index (χ0v) is 12.4. The summed E-state index contributed by atoms with van der Waals surface area (Å²) in [5, 5.41) is 4.15. The van der Waals surface area contributed by atoms with Crippen molar-refractivity contribution in [3.63, 3.8) is 0 Å². The molecular formula is C15H21FN4O. The predicted molar refractivity (Wildman–Crippen MR) is 78.4 cm³/mol. The van der Waals surface area contributed by atoms with Crippen LogP contribution >= 0.6 is 0 Å². The van der Waals surface area contributed by atoms with Gasteiger partial charge in [-0.1, -0.05) is 6.92 Å². The Hall–Kier alpha value is -1.95. The highest BCUT2D eigenvalue weighted by Crippen LogP contribution is 2.22. The van der Waals surface area contributed by atoms with E-state index in [1.807, 2.05) is 11.6 Å². The molecule has 1 heterocycles. The van der Waals surface area contributed by atoms with Gasteiger partial charge in [0.1, 0.15) is 24.5 Å². The van der Waals surface area contributed by atoms with Crippen LogP contribution in [-0.2, 0) is 19.6 Å². The van der Waals surface area contributed by atoms with E-state index in [-0.39, 0.29) is 11.9 Å². The van der Waals surface area contributed by atoms with Gasteiger partial charge in [0.2, 0.25) is 0 Å². The molecule has 0 aliphatic carbocycles. The molecule has 6 heteroatoms. The van der Waals surface area contributed by atoms with E-state index in [4.69, 9.17) is 10.5 Å². The van der Waals surface area contributed by atoms with E-state index in [1.165, 1.54) is 18.5 Å². The Kier molecular flexibility index (Phi) is 5.27. The summed E-state index contributed by atoms with van der Waals surface area (Å²) < 4.78 is 20.9. The van der Waals surface area contributed by atoms with E-state index >= 15 is 0 Å². The van der Waals surface area contributed by atoms with E-state index in [2.05, 4.69) is 17.0 Å². The van der Waals surface area contributed by atoms with Crippen molar-refractivity contribution in [3.8, 4) is 5.75 Å². The van der Waals surface area contributed by atoms with Crippen molar-refractivity contribution in [1.29, 1.82) is 0 Å². The number of halogens is 1. The SMILES string of the molecule is CCCn1ncnc1COc1ccc(F)cc1CC(C)N. The van der Waals surface area contributed by atoms with Crippen LogP contribution in [0.5, 0.6) is 5.75 Å². The smallest absolute Gasteiger partial charge is 0.164 e. The van der Waals surface area contributed by atoms with Gasteiger partial charge in [-0.2, -0.15) is 5.10 Å². The van der Waals surface area contributed by atoms with E-state index in [1.54, 1.807) is 6.07 Å². The molecular weight excluding hydrogens is 271 g/mol. The Bertz CT molecular complexity index is 583. The van der Waals surface area contributed by atoms with E-state index < -0.39 is 0 Å². The van der Waals surface area contributed by atoms with Crippen molar-refractivity contribution < 1.29 is 9.13 Å². The first kappa shape index (κ1) is 15.4. The van der Waals surface area contributed by atoms with Crippen LogP contribution in [0.1, 0.15) is 31.7 Å². The maximum Gasteiger partial charge on any atom is 0.164 e. The van der Waals surface area contributed by atoms with Gasteiger partial charge in [0.15, 0.2) is 5.82 Å². The van der Waals surface area contributed by atoms with Crippen LogP contribution in [-0.4, -0.2) is 20.8 Å². The number of benzene rings is 1. The number of aromatic nitrogens is 3. The van der Waals surface area contributed by atoms with Gasteiger partial charge in [-0.05, 0) is 43.5 Å². The molecule has 1 unspecified atom stereocenters.